The van der Waals surface area contributed by atoms with Gasteiger partial charge in [-0.3, -0.25) is 9.69 Å². The molecular formula is C9H13N3O3. The van der Waals surface area contributed by atoms with Gasteiger partial charge in [0.1, 0.15) is 0 Å². The first-order chi connectivity index (χ1) is 7.29. The Morgan fingerprint density at radius 2 is 2.67 bits per heavy atom. The molecule has 2 heterocycles. The fourth-order valence-electron chi connectivity index (χ4n) is 1.80. The summed E-state index contributed by atoms with van der Waals surface area (Å²) in [7, 11) is 1.42. The number of likely N-dealkylation sites (tertiary alicyclic amines) is 1. The number of methoxy groups -OCH3 is 1. The normalized spacial score (nSPS) is 21.8. The predicted octanol–water partition coefficient (Wildman–Crippen LogP) is 0.0645. The molecule has 0 aliphatic carbocycles. The molecular weight excluding hydrogens is 198 g/mol. The molecule has 2 rings (SSSR count). The molecule has 82 valence electrons. The summed E-state index contributed by atoms with van der Waals surface area (Å²) in [6.45, 7) is 2.21. The molecule has 6 heteroatoms. The minimum absolute atomic E-state index is 0.0121. The number of esters is 1. The van der Waals surface area contributed by atoms with Crippen LogP contribution in [-0.4, -0.2) is 41.2 Å². The van der Waals surface area contributed by atoms with Gasteiger partial charge in [0.15, 0.2) is 5.82 Å². The second kappa shape index (κ2) is 4.39. The van der Waals surface area contributed by atoms with E-state index < -0.39 is 0 Å². The summed E-state index contributed by atoms with van der Waals surface area (Å²) in [5, 5.41) is 3.73. The van der Waals surface area contributed by atoms with Gasteiger partial charge >= 0.3 is 5.97 Å². The van der Waals surface area contributed by atoms with Crippen LogP contribution in [0.4, 0.5) is 0 Å². The van der Waals surface area contributed by atoms with E-state index in [0.717, 1.165) is 13.0 Å². The van der Waals surface area contributed by atoms with Crippen LogP contribution in [0.2, 0.25) is 0 Å². The molecule has 15 heavy (non-hydrogen) atoms. The third-order valence-corrected chi connectivity index (χ3v) is 2.58. The number of aromatic nitrogens is 2. The standard InChI is InChI=1S/C9H13N3O3/c1-14-9(13)7-2-3-12(4-7)5-8-10-6-15-11-8/h6-7H,2-5H2,1H3. The van der Waals surface area contributed by atoms with Crippen molar-refractivity contribution in [3.63, 3.8) is 0 Å². The lowest BCUT2D eigenvalue weighted by molar-refractivity contribution is -0.144. The van der Waals surface area contributed by atoms with Gasteiger partial charge < -0.3 is 9.26 Å². The molecule has 1 unspecified atom stereocenters. The smallest absolute Gasteiger partial charge is 0.310 e. The summed E-state index contributed by atoms with van der Waals surface area (Å²) >= 11 is 0. The molecule has 0 spiro atoms. The van der Waals surface area contributed by atoms with Crippen LogP contribution in [-0.2, 0) is 16.1 Å². The first-order valence-electron chi connectivity index (χ1n) is 4.85. The van der Waals surface area contributed by atoms with Crippen molar-refractivity contribution in [3.05, 3.63) is 12.2 Å². The lowest BCUT2D eigenvalue weighted by atomic mass is 10.1. The van der Waals surface area contributed by atoms with E-state index in [4.69, 9.17) is 4.74 Å². The van der Waals surface area contributed by atoms with E-state index in [1.165, 1.54) is 13.5 Å². The Labute approximate surface area is 87.2 Å². The zero-order valence-corrected chi connectivity index (χ0v) is 8.55. The maximum absolute atomic E-state index is 11.3. The second-order valence-corrected chi connectivity index (χ2v) is 3.59. The van der Waals surface area contributed by atoms with Crippen LogP contribution in [0.3, 0.4) is 0 Å². The van der Waals surface area contributed by atoms with E-state index in [0.29, 0.717) is 18.9 Å². The van der Waals surface area contributed by atoms with Gasteiger partial charge in [0.2, 0.25) is 6.39 Å². The number of hydrogen-bond acceptors (Lipinski definition) is 6. The highest BCUT2D eigenvalue weighted by Gasteiger charge is 2.29. The maximum Gasteiger partial charge on any atom is 0.310 e. The molecule has 1 aliphatic rings. The Bertz CT molecular complexity index is 325. The summed E-state index contributed by atoms with van der Waals surface area (Å²) in [4.78, 5) is 17.3. The fourth-order valence-corrected chi connectivity index (χ4v) is 1.80. The predicted molar refractivity (Wildman–Crippen MR) is 49.7 cm³/mol. The number of ether oxygens (including phenoxy) is 1. The Hall–Kier alpha value is -1.43. The summed E-state index contributed by atoms with van der Waals surface area (Å²) < 4.78 is 9.34. The molecule has 1 atom stereocenters. The van der Waals surface area contributed by atoms with Gasteiger partial charge in [-0.2, -0.15) is 4.98 Å². The zero-order chi connectivity index (χ0) is 10.7. The molecule has 0 amide bonds. The van der Waals surface area contributed by atoms with Gasteiger partial charge in [-0.1, -0.05) is 5.16 Å². The largest absolute Gasteiger partial charge is 0.469 e. The Balaban J connectivity index is 1.85. The number of nitrogens with zero attached hydrogens (tertiary/aromatic N) is 3. The van der Waals surface area contributed by atoms with E-state index in [1.54, 1.807) is 0 Å². The first-order valence-corrected chi connectivity index (χ1v) is 4.85. The summed E-state index contributed by atoms with van der Waals surface area (Å²) in [5.74, 6) is 0.507. The van der Waals surface area contributed by atoms with Crippen LogP contribution >= 0.6 is 0 Å². The van der Waals surface area contributed by atoms with Crippen molar-refractivity contribution in [2.24, 2.45) is 5.92 Å². The first kappa shape index (κ1) is 10.1. The highest BCUT2D eigenvalue weighted by Crippen LogP contribution is 2.18. The Kier molecular flexibility index (Phi) is 2.96. The van der Waals surface area contributed by atoms with E-state index in [9.17, 15) is 4.79 Å². The molecule has 0 saturated carbocycles. The highest BCUT2D eigenvalue weighted by molar-refractivity contribution is 5.72. The van der Waals surface area contributed by atoms with Crippen molar-refractivity contribution in [2.75, 3.05) is 20.2 Å². The van der Waals surface area contributed by atoms with Crippen LogP contribution in [0, 0.1) is 5.92 Å². The van der Waals surface area contributed by atoms with Crippen LogP contribution in [0.1, 0.15) is 12.2 Å². The lowest BCUT2D eigenvalue weighted by Crippen LogP contribution is -2.24. The Morgan fingerprint density at radius 3 is 3.33 bits per heavy atom. The average Bonchev–Trinajstić information content (AvgIpc) is 2.88. The number of rotatable bonds is 3. The van der Waals surface area contributed by atoms with Crippen molar-refractivity contribution in [3.8, 4) is 0 Å². The molecule has 0 bridgehead atoms. The lowest BCUT2D eigenvalue weighted by Gasteiger charge is -2.12. The van der Waals surface area contributed by atoms with Gasteiger partial charge in [-0.25, -0.2) is 0 Å². The molecule has 0 radical (unpaired) electrons. The molecule has 1 saturated heterocycles. The van der Waals surface area contributed by atoms with Gasteiger partial charge in [-0.15, -0.1) is 0 Å². The van der Waals surface area contributed by atoms with Crippen molar-refractivity contribution >= 4 is 5.97 Å². The highest BCUT2D eigenvalue weighted by atomic mass is 16.5. The second-order valence-electron chi connectivity index (χ2n) is 3.59. The summed E-state index contributed by atoms with van der Waals surface area (Å²) in [5.41, 5.74) is 0. The van der Waals surface area contributed by atoms with Crippen molar-refractivity contribution in [1.29, 1.82) is 0 Å². The SMILES string of the molecule is COC(=O)C1CCN(Cc2ncon2)C1. The molecule has 1 aromatic heterocycles. The minimum atomic E-state index is -0.134. The average molecular weight is 211 g/mol. The Morgan fingerprint density at radius 1 is 1.80 bits per heavy atom. The van der Waals surface area contributed by atoms with Crippen LogP contribution < -0.4 is 0 Å². The van der Waals surface area contributed by atoms with Crippen LogP contribution in [0.5, 0.6) is 0 Å². The summed E-state index contributed by atoms with van der Waals surface area (Å²) in [6, 6.07) is 0. The molecule has 1 fully saturated rings. The van der Waals surface area contributed by atoms with Gasteiger partial charge in [0, 0.05) is 6.54 Å². The van der Waals surface area contributed by atoms with Gasteiger partial charge in [0.05, 0.1) is 19.6 Å². The fraction of sp³-hybridized carbons (Fsp3) is 0.667. The van der Waals surface area contributed by atoms with Crippen molar-refractivity contribution in [1.82, 2.24) is 15.0 Å². The van der Waals surface area contributed by atoms with Crippen LogP contribution in [0.25, 0.3) is 0 Å². The quantitative estimate of drug-likeness (QED) is 0.659. The molecule has 0 aromatic carbocycles. The third-order valence-electron chi connectivity index (χ3n) is 2.58. The molecule has 1 aliphatic heterocycles. The topological polar surface area (TPSA) is 68.5 Å². The number of carbonyl (C=O) groups excluding carboxylic acids is 1. The van der Waals surface area contributed by atoms with E-state index in [1.807, 2.05) is 0 Å². The van der Waals surface area contributed by atoms with Crippen molar-refractivity contribution < 1.29 is 14.1 Å². The number of hydrogen-bond donors (Lipinski definition) is 0. The van der Waals surface area contributed by atoms with Gasteiger partial charge in [-0.05, 0) is 13.0 Å². The summed E-state index contributed by atoms with van der Waals surface area (Å²) in [6.07, 6.45) is 2.15. The molecule has 0 N–H and O–H groups in total. The van der Waals surface area contributed by atoms with E-state index in [2.05, 4.69) is 19.6 Å². The minimum Gasteiger partial charge on any atom is -0.469 e. The van der Waals surface area contributed by atoms with Crippen LogP contribution in [0.15, 0.2) is 10.9 Å². The maximum atomic E-state index is 11.3. The zero-order valence-electron chi connectivity index (χ0n) is 8.55. The monoisotopic (exact) mass is 211 g/mol. The third kappa shape index (κ3) is 2.33. The molecule has 1 aromatic rings. The van der Waals surface area contributed by atoms with E-state index in [-0.39, 0.29) is 11.9 Å². The molecule has 6 nitrogen and oxygen atoms in total. The van der Waals surface area contributed by atoms with Gasteiger partial charge in [0.25, 0.3) is 0 Å². The van der Waals surface area contributed by atoms with E-state index >= 15 is 0 Å². The number of carbonyl (C=O) groups is 1. The van der Waals surface area contributed by atoms with Crippen molar-refractivity contribution in [2.45, 2.75) is 13.0 Å².